The summed E-state index contributed by atoms with van der Waals surface area (Å²) in [7, 11) is 0. The van der Waals surface area contributed by atoms with Gasteiger partial charge in [0.15, 0.2) is 6.61 Å². The minimum absolute atomic E-state index is 0.0102. The molecular formula is C32H38N2O4. The molecule has 0 N–H and O–H groups in total. The summed E-state index contributed by atoms with van der Waals surface area (Å²) in [6.45, 7) is 4.27. The molecule has 200 valence electrons. The van der Waals surface area contributed by atoms with Crippen LogP contribution >= 0.6 is 0 Å². The molecule has 1 aliphatic rings. The number of amides is 2. The molecule has 1 atom stereocenters. The molecule has 0 fully saturated rings. The lowest BCUT2D eigenvalue weighted by Crippen LogP contribution is -2.47. The molecule has 0 unspecified atom stereocenters. The van der Waals surface area contributed by atoms with E-state index in [9.17, 15) is 9.59 Å². The minimum Gasteiger partial charge on any atom is -0.491 e. The highest BCUT2D eigenvalue weighted by Gasteiger charge is 2.27. The number of carbonyl (C=O) groups is 2. The lowest BCUT2D eigenvalue weighted by Gasteiger charge is -2.33. The van der Waals surface area contributed by atoms with Gasteiger partial charge in [-0.2, -0.15) is 0 Å². The van der Waals surface area contributed by atoms with Crippen LogP contribution < -0.4 is 9.47 Å². The van der Waals surface area contributed by atoms with Crippen LogP contribution in [-0.4, -0.2) is 60.5 Å². The lowest BCUT2D eigenvalue weighted by molar-refractivity contribution is -0.136. The van der Waals surface area contributed by atoms with Gasteiger partial charge in [0.1, 0.15) is 18.1 Å². The van der Waals surface area contributed by atoms with Crippen molar-refractivity contribution in [3.05, 3.63) is 96.1 Å². The van der Waals surface area contributed by atoms with Gasteiger partial charge in [0.05, 0.1) is 11.6 Å². The molecule has 4 rings (SSSR count). The Morgan fingerprint density at radius 3 is 2.26 bits per heavy atom. The van der Waals surface area contributed by atoms with Crippen LogP contribution in [0.4, 0.5) is 0 Å². The van der Waals surface area contributed by atoms with Gasteiger partial charge in [-0.05, 0) is 56.0 Å². The molecule has 3 aromatic rings. The highest BCUT2D eigenvalue weighted by molar-refractivity contribution is 5.97. The van der Waals surface area contributed by atoms with Crippen molar-refractivity contribution in [2.24, 2.45) is 0 Å². The van der Waals surface area contributed by atoms with E-state index >= 15 is 0 Å². The Kier molecular flexibility index (Phi) is 10.2. The number of fused-ring (bicyclic) bond motifs is 1. The first-order valence-corrected chi connectivity index (χ1v) is 13.7. The average Bonchev–Trinajstić information content (AvgIpc) is 2.96. The molecule has 1 aliphatic heterocycles. The predicted octanol–water partition coefficient (Wildman–Crippen LogP) is 5.62. The fraction of sp³-hybridized carbons (Fsp3) is 0.375. The molecule has 0 radical (unpaired) electrons. The molecule has 0 saturated heterocycles. The molecule has 6 nitrogen and oxygen atoms in total. The summed E-state index contributed by atoms with van der Waals surface area (Å²) in [5.74, 6) is 1.15. The fourth-order valence-electron chi connectivity index (χ4n) is 4.87. The van der Waals surface area contributed by atoms with Crippen LogP contribution in [0, 0.1) is 0 Å². The maximum Gasteiger partial charge on any atom is 0.260 e. The molecular weight excluding hydrogens is 476 g/mol. The first-order valence-electron chi connectivity index (χ1n) is 13.7. The summed E-state index contributed by atoms with van der Waals surface area (Å²) in [4.78, 5) is 30.8. The number of hydrogen-bond acceptors (Lipinski definition) is 4. The van der Waals surface area contributed by atoms with Crippen molar-refractivity contribution >= 4 is 11.8 Å². The SMILES string of the molecule is CCN1CCCCCCN(C(=O)COc2ccccc2)[C@@H](Cc2ccccc2)COc2ccccc2C1=O. The van der Waals surface area contributed by atoms with Crippen molar-refractivity contribution in [1.29, 1.82) is 0 Å². The van der Waals surface area contributed by atoms with Gasteiger partial charge in [-0.3, -0.25) is 9.59 Å². The second-order valence-corrected chi connectivity index (χ2v) is 9.64. The summed E-state index contributed by atoms with van der Waals surface area (Å²) >= 11 is 0. The number of rotatable bonds is 6. The van der Waals surface area contributed by atoms with Gasteiger partial charge in [-0.15, -0.1) is 0 Å². The Morgan fingerprint density at radius 2 is 1.53 bits per heavy atom. The summed E-state index contributed by atoms with van der Waals surface area (Å²) in [5, 5.41) is 0. The highest BCUT2D eigenvalue weighted by atomic mass is 16.5. The molecule has 0 bridgehead atoms. The molecule has 0 aromatic heterocycles. The Labute approximate surface area is 226 Å². The number of hydrogen-bond donors (Lipinski definition) is 0. The molecule has 3 aromatic carbocycles. The van der Waals surface area contributed by atoms with Crippen LogP contribution in [0.1, 0.15) is 48.5 Å². The predicted molar refractivity (Wildman–Crippen MR) is 150 cm³/mol. The van der Waals surface area contributed by atoms with Crippen LogP contribution in [0.25, 0.3) is 0 Å². The smallest absolute Gasteiger partial charge is 0.260 e. The summed E-state index contributed by atoms with van der Waals surface area (Å²) in [5.41, 5.74) is 1.70. The molecule has 6 heteroatoms. The molecule has 38 heavy (non-hydrogen) atoms. The number of ether oxygens (including phenoxy) is 2. The normalized spacial score (nSPS) is 17.2. The molecule has 0 spiro atoms. The molecule has 0 aliphatic carbocycles. The topological polar surface area (TPSA) is 59.1 Å². The minimum atomic E-state index is -0.211. The van der Waals surface area contributed by atoms with E-state index in [-0.39, 0.29) is 31.1 Å². The zero-order valence-corrected chi connectivity index (χ0v) is 22.3. The third-order valence-electron chi connectivity index (χ3n) is 6.98. The summed E-state index contributed by atoms with van der Waals surface area (Å²) < 4.78 is 12.2. The van der Waals surface area contributed by atoms with Crippen molar-refractivity contribution in [3.63, 3.8) is 0 Å². The van der Waals surface area contributed by atoms with Gasteiger partial charge in [0.25, 0.3) is 11.8 Å². The largest absolute Gasteiger partial charge is 0.491 e. The van der Waals surface area contributed by atoms with Gasteiger partial charge in [-0.1, -0.05) is 73.5 Å². The van der Waals surface area contributed by atoms with E-state index in [1.165, 1.54) is 0 Å². The number of para-hydroxylation sites is 2. The standard InChI is InChI=1S/C32H38N2O4/c1-2-33-21-13-3-4-14-22-34(31(35)25-37-28-17-9-6-10-18-28)27(23-26-15-7-5-8-16-26)24-38-30-20-12-11-19-29(30)32(33)36/h5-12,15-20,27H,2-4,13-14,21-25H2,1H3/t27-/m0/s1. The number of benzene rings is 3. The lowest BCUT2D eigenvalue weighted by atomic mass is 10.0. The van der Waals surface area contributed by atoms with E-state index in [1.807, 2.05) is 89.5 Å². The third-order valence-corrected chi connectivity index (χ3v) is 6.98. The maximum absolute atomic E-state index is 13.6. The van der Waals surface area contributed by atoms with Crippen molar-refractivity contribution in [3.8, 4) is 11.5 Å². The van der Waals surface area contributed by atoms with Crippen LogP contribution in [-0.2, 0) is 11.2 Å². The maximum atomic E-state index is 13.6. The fourth-order valence-corrected chi connectivity index (χ4v) is 4.87. The zero-order chi connectivity index (χ0) is 26.6. The van der Waals surface area contributed by atoms with E-state index in [1.54, 1.807) is 0 Å². The number of carbonyl (C=O) groups excluding carboxylic acids is 2. The second kappa shape index (κ2) is 14.2. The van der Waals surface area contributed by atoms with Gasteiger partial charge < -0.3 is 19.3 Å². The number of nitrogens with zero attached hydrogens (tertiary/aromatic N) is 2. The van der Waals surface area contributed by atoms with Crippen LogP contribution in [0.15, 0.2) is 84.9 Å². The van der Waals surface area contributed by atoms with E-state index in [0.717, 1.165) is 31.2 Å². The Balaban J connectivity index is 1.60. The second-order valence-electron chi connectivity index (χ2n) is 9.64. The van der Waals surface area contributed by atoms with E-state index in [2.05, 4.69) is 12.1 Å². The average molecular weight is 515 g/mol. The summed E-state index contributed by atoms with van der Waals surface area (Å²) in [6.07, 6.45) is 4.47. The Morgan fingerprint density at radius 1 is 0.868 bits per heavy atom. The van der Waals surface area contributed by atoms with E-state index < -0.39 is 0 Å². The van der Waals surface area contributed by atoms with E-state index in [0.29, 0.717) is 43.1 Å². The van der Waals surface area contributed by atoms with Crippen LogP contribution in [0.5, 0.6) is 11.5 Å². The first-order chi connectivity index (χ1) is 18.7. The molecule has 1 heterocycles. The first kappa shape index (κ1) is 27.2. The van der Waals surface area contributed by atoms with Gasteiger partial charge in [0.2, 0.25) is 0 Å². The van der Waals surface area contributed by atoms with Gasteiger partial charge >= 0.3 is 0 Å². The highest BCUT2D eigenvalue weighted by Crippen LogP contribution is 2.23. The van der Waals surface area contributed by atoms with Crippen molar-refractivity contribution in [1.82, 2.24) is 9.80 Å². The van der Waals surface area contributed by atoms with Gasteiger partial charge in [-0.25, -0.2) is 0 Å². The van der Waals surface area contributed by atoms with E-state index in [4.69, 9.17) is 9.47 Å². The van der Waals surface area contributed by atoms with Crippen LogP contribution in [0.2, 0.25) is 0 Å². The van der Waals surface area contributed by atoms with Crippen molar-refractivity contribution < 1.29 is 19.1 Å². The van der Waals surface area contributed by atoms with Crippen molar-refractivity contribution in [2.45, 2.75) is 45.1 Å². The van der Waals surface area contributed by atoms with Crippen molar-refractivity contribution in [2.75, 3.05) is 32.8 Å². The monoisotopic (exact) mass is 514 g/mol. The molecule has 2 amide bonds. The van der Waals surface area contributed by atoms with Gasteiger partial charge in [0, 0.05) is 19.6 Å². The Hall–Kier alpha value is -3.80. The van der Waals surface area contributed by atoms with Crippen LogP contribution in [0.3, 0.4) is 0 Å². The summed E-state index contributed by atoms with van der Waals surface area (Å²) in [6, 6.07) is 26.8. The molecule has 0 saturated carbocycles. The third kappa shape index (κ3) is 7.60. The zero-order valence-electron chi connectivity index (χ0n) is 22.3. The quantitative estimate of drug-likeness (QED) is 0.428. The Bertz CT molecular complexity index is 1150.